The van der Waals surface area contributed by atoms with Crippen LogP contribution in [0.2, 0.25) is 0 Å². The van der Waals surface area contributed by atoms with Crippen LogP contribution in [0.5, 0.6) is 5.75 Å². The van der Waals surface area contributed by atoms with Crippen LogP contribution in [0.25, 0.3) is 0 Å². The summed E-state index contributed by atoms with van der Waals surface area (Å²) in [6, 6.07) is 26.1. The quantitative estimate of drug-likeness (QED) is 0.485. The molecule has 1 atom stereocenters. The Labute approximate surface area is 182 Å². The first-order valence-corrected chi connectivity index (χ1v) is 11.2. The fourth-order valence-electron chi connectivity index (χ4n) is 5.54. The summed E-state index contributed by atoms with van der Waals surface area (Å²) in [6.45, 7) is 0. The average Bonchev–Trinajstić information content (AvgIpc) is 3.27. The second kappa shape index (κ2) is 7.23. The first-order chi connectivity index (χ1) is 15.2. The van der Waals surface area contributed by atoms with Gasteiger partial charge in [-0.3, -0.25) is 0 Å². The minimum atomic E-state index is -0.461. The Balaban J connectivity index is 1.36. The molecular weight excluding hydrogens is 387 g/mol. The largest absolute Gasteiger partial charge is 0.466 e. The molecule has 6 rings (SSSR count). The summed E-state index contributed by atoms with van der Waals surface area (Å²) in [4.78, 5) is 0. The van der Waals surface area contributed by atoms with Gasteiger partial charge in [-0.25, -0.2) is 9.40 Å². The molecule has 0 unspecified atom stereocenters. The van der Waals surface area contributed by atoms with Gasteiger partial charge in [0.2, 0.25) is 0 Å². The Hall–Kier alpha value is -3.14. The molecule has 0 radical (unpaired) electrons. The van der Waals surface area contributed by atoms with E-state index in [-0.39, 0.29) is 11.9 Å². The molecule has 0 N–H and O–H groups in total. The van der Waals surface area contributed by atoms with E-state index in [2.05, 4.69) is 47.5 Å². The van der Waals surface area contributed by atoms with Crippen LogP contribution < -0.4 is 4.74 Å². The second-order valence-corrected chi connectivity index (χ2v) is 8.86. The van der Waals surface area contributed by atoms with Crippen molar-refractivity contribution >= 4 is 5.71 Å². The summed E-state index contributed by atoms with van der Waals surface area (Å²) in [5.41, 5.74) is 3.50. The third kappa shape index (κ3) is 3.04. The second-order valence-electron chi connectivity index (χ2n) is 8.86. The van der Waals surface area contributed by atoms with E-state index >= 15 is 0 Å². The molecule has 3 aliphatic rings. The Morgan fingerprint density at radius 3 is 2.39 bits per heavy atom. The monoisotopic (exact) mass is 412 g/mol. The average molecular weight is 413 g/mol. The fourth-order valence-corrected chi connectivity index (χ4v) is 5.54. The Kier molecular flexibility index (Phi) is 4.34. The Bertz CT molecular complexity index is 1130. The zero-order chi connectivity index (χ0) is 20.8. The number of rotatable bonds is 2. The van der Waals surface area contributed by atoms with E-state index in [9.17, 15) is 4.39 Å². The van der Waals surface area contributed by atoms with Gasteiger partial charge in [-0.1, -0.05) is 66.7 Å². The molecule has 3 nitrogen and oxygen atoms in total. The lowest BCUT2D eigenvalue weighted by molar-refractivity contribution is -0.142. The van der Waals surface area contributed by atoms with Crippen molar-refractivity contribution in [3.8, 4) is 5.75 Å². The summed E-state index contributed by atoms with van der Waals surface area (Å²) in [7, 11) is 0. The molecule has 1 saturated carbocycles. The van der Waals surface area contributed by atoms with Crippen LogP contribution in [0, 0.1) is 5.82 Å². The van der Waals surface area contributed by atoms with Gasteiger partial charge in [0, 0.05) is 30.4 Å². The normalized spacial score (nSPS) is 26.7. The minimum Gasteiger partial charge on any atom is -0.466 e. The molecule has 1 fully saturated rings. The number of nitrogens with zero attached hydrogens (tertiary/aromatic N) is 2. The third-order valence-electron chi connectivity index (χ3n) is 7.13. The van der Waals surface area contributed by atoms with Gasteiger partial charge < -0.3 is 4.74 Å². The summed E-state index contributed by atoms with van der Waals surface area (Å²) >= 11 is 0. The molecule has 0 saturated heterocycles. The summed E-state index contributed by atoms with van der Waals surface area (Å²) in [6.07, 6.45) is 4.63. The Morgan fingerprint density at radius 2 is 1.58 bits per heavy atom. The van der Waals surface area contributed by atoms with Crippen molar-refractivity contribution in [3.63, 3.8) is 0 Å². The van der Waals surface area contributed by atoms with E-state index in [1.54, 1.807) is 6.07 Å². The molecule has 31 heavy (non-hydrogen) atoms. The number of halogens is 1. The minimum absolute atomic E-state index is 0.0906. The van der Waals surface area contributed by atoms with Gasteiger partial charge in [0.05, 0.1) is 11.8 Å². The van der Waals surface area contributed by atoms with Gasteiger partial charge >= 0.3 is 0 Å². The highest BCUT2D eigenvalue weighted by molar-refractivity contribution is 6.02. The lowest BCUT2D eigenvalue weighted by Crippen LogP contribution is -2.55. The zero-order valence-electron chi connectivity index (χ0n) is 17.4. The van der Waals surface area contributed by atoms with Gasteiger partial charge in [-0.05, 0) is 36.5 Å². The molecule has 156 valence electrons. The van der Waals surface area contributed by atoms with E-state index in [1.807, 2.05) is 24.3 Å². The highest BCUT2D eigenvalue weighted by Crippen LogP contribution is 2.52. The number of ether oxygens (including phenoxy) is 1. The molecular formula is C27H25FN2O. The molecule has 4 heteroatoms. The van der Waals surface area contributed by atoms with E-state index in [0.717, 1.165) is 42.7 Å². The first-order valence-electron chi connectivity index (χ1n) is 11.2. The maximum atomic E-state index is 14.6. The SMILES string of the molecule is Fc1ccccc1C1=NN2[C@H](C1)c1ccccc1OC21CCC(c2ccccc2)CC1. The van der Waals surface area contributed by atoms with Crippen LogP contribution in [-0.4, -0.2) is 16.4 Å². The first kappa shape index (κ1) is 18.6. The molecule has 1 aliphatic carbocycles. The van der Waals surface area contributed by atoms with Gasteiger partial charge in [0.25, 0.3) is 0 Å². The summed E-state index contributed by atoms with van der Waals surface area (Å²) < 4.78 is 21.3. The predicted octanol–water partition coefficient (Wildman–Crippen LogP) is 6.42. The van der Waals surface area contributed by atoms with Gasteiger partial charge in [0.1, 0.15) is 11.6 Å². The Morgan fingerprint density at radius 1 is 0.871 bits per heavy atom. The molecule has 1 spiro atoms. The number of fused-ring (bicyclic) bond motifs is 4. The molecule has 3 aromatic rings. The molecule has 0 amide bonds. The lowest BCUT2D eigenvalue weighted by Gasteiger charge is -2.50. The maximum absolute atomic E-state index is 14.6. The highest BCUT2D eigenvalue weighted by Gasteiger charge is 2.52. The molecule has 2 heterocycles. The van der Waals surface area contributed by atoms with Crippen molar-refractivity contribution in [1.29, 1.82) is 0 Å². The van der Waals surface area contributed by atoms with Crippen LogP contribution in [0.4, 0.5) is 4.39 Å². The molecule has 3 aromatic carbocycles. The van der Waals surface area contributed by atoms with Crippen molar-refractivity contribution < 1.29 is 9.13 Å². The molecule has 0 bridgehead atoms. The maximum Gasteiger partial charge on any atom is 0.198 e. The highest BCUT2D eigenvalue weighted by atomic mass is 19.1. The molecule has 0 aromatic heterocycles. The number of benzene rings is 3. The summed E-state index contributed by atoms with van der Waals surface area (Å²) in [5.74, 6) is 1.28. The topological polar surface area (TPSA) is 24.8 Å². The fraction of sp³-hybridized carbons (Fsp3) is 0.296. The van der Waals surface area contributed by atoms with Crippen LogP contribution in [0.15, 0.2) is 84.0 Å². The van der Waals surface area contributed by atoms with E-state index in [1.165, 1.54) is 11.6 Å². The lowest BCUT2D eigenvalue weighted by atomic mass is 9.78. The number of para-hydroxylation sites is 1. The number of hydrogen-bond acceptors (Lipinski definition) is 3. The van der Waals surface area contributed by atoms with Crippen LogP contribution >= 0.6 is 0 Å². The van der Waals surface area contributed by atoms with Crippen molar-refractivity contribution in [2.75, 3.05) is 0 Å². The summed E-state index contributed by atoms with van der Waals surface area (Å²) in [5, 5.41) is 7.16. The number of hydrazone groups is 1. The van der Waals surface area contributed by atoms with Gasteiger partial charge in [0.15, 0.2) is 5.72 Å². The van der Waals surface area contributed by atoms with Gasteiger partial charge in [-0.15, -0.1) is 0 Å². The van der Waals surface area contributed by atoms with Gasteiger partial charge in [-0.2, -0.15) is 5.10 Å². The predicted molar refractivity (Wildman–Crippen MR) is 120 cm³/mol. The standard InChI is InChI=1S/C27H25FN2O/c28-23-12-6-4-10-21(23)24-18-25-22-11-5-7-13-26(22)31-27(30(25)29-24)16-14-20(15-17-27)19-8-2-1-3-9-19/h1-13,20,25H,14-18H2/t20?,25-,27?/m1/s1. The van der Waals surface area contributed by atoms with E-state index in [4.69, 9.17) is 9.84 Å². The number of hydrogen-bond donors (Lipinski definition) is 0. The third-order valence-corrected chi connectivity index (χ3v) is 7.13. The van der Waals surface area contributed by atoms with Crippen LogP contribution in [-0.2, 0) is 0 Å². The van der Waals surface area contributed by atoms with Crippen LogP contribution in [0.1, 0.15) is 60.8 Å². The zero-order valence-corrected chi connectivity index (χ0v) is 17.4. The van der Waals surface area contributed by atoms with Crippen molar-refractivity contribution in [3.05, 3.63) is 101 Å². The van der Waals surface area contributed by atoms with Crippen molar-refractivity contribution in [1.82, 2.24) is 5.01 Å². The van der Waals surface area contributed by atoms with Crippen LogP contribution in [0.3, 0.4) is 0 Å². The van der Waals surface area contributed by atoms with E-state index in [0.29, 0.717) is 17.9 Å². The van der Waals surface area contributed by atoms with Crippen molar-refractivity contribution in [2.45, 2.75) is 49.8 Å². The van der Waals surface area contributed by atoms with Crippen molar-refractivity contribution in [2.24, 2.45) is 5.10 Å². The smallest absolute Gasteiger partial charge is 0.198 e. The van der Waals surface area contributed by atoms with E-state index < -0.39 is 5.72 Å². The molecule has 2 aliphatic heterocycles.